The fourth-order valence-corrected chi connectivity index (χ4v) is 3.96. The summed E-state index contributed by atoms with van der Waals surface area (Å²) in [5, 5.41) is 11.2. The number of rotatable bonds is 4. The molecule has 1 aromatic heterocycles. The number of para-hydroxylation sites is 1. The maximum absolute atomic E-state index is 12.7. The third-order valence-electron chi connectivity index (χ3n) is 5.23. The zero-order valence-electron chi connectivity index (χ0n) is 16.1. The molecule has 0 saturated heterocycles. The van der Waals surface area contributed by atoms with Crippen molar-refractivity contribution in [2.24, 2.45) is 0 Å². The van der Waals surface area contributed by atoms with Gasteiger partial charge in [-0.2, -0.15) is 5.10 Å². The predicted octanol–water partition coefficient (Wildman–Crippen LogP) is 5.23. The van der Waals surface area contributed by atoms with Crippen LogP contribution in [0.5, 0.6) is 0 Å². The quantitative estimate of drug-likeness (QED) is 0.551. The molecule has 150 valence electrons. The Kier molecular flexibility index (Phi) is 5.71. The highest BCUT2D eigenvalue weighted by molar-refractivity contribution is 6.32. The van der Waals surface area contributed by atoms with Crippen LogP contribution in [0.1, 0.15) is 32.1 Å². The van der Waals surface area contributed by atoms with Crippen LogP contribution in [-0.2, 0) is 0 Å². The van der Waals surface area contributed by atoms with Gasteiger partial charge in [-0.1, -0.05) is 73.3 Å². The fraction of sp³-hybridized carbons (Fsp3) is 0.273. The van der Waals surface area contributed by atoms with Crippen LogP contribution in [0.15, 0.2) is 54.6 Å². The number of nitrogens with zero attached hydrogens (tertiary/aromatic N) is 2. The van der Waals surface area contributed by atoms with E-state index in [0.717, 1.165) is 31.2 Å². The fourth-order valence-electron chi connectivity index (χ4n) is 3.74. The number of hydrogen-bond acceptors (Lipinski definition) is 3. The summed E-state index contributed by atoms with van der Waals surface area (Å²) in [6, 6.07) is 16.9. The van der Waals surface area contributed by atoms with Gasteiger partial charge in [-0.3, -0.25) is 0 Å². The van der Waals surface area contributed by atoms with Crippen LogP contribution >= 0.6 is 11.6 Å². The molecule has 6 nitrogen and oxygen atoms in total. The second kappa shape index (κ2) is 8.57. The van der Waals surface area contributed by atoms with Crippen LogP contribution in [0.4, 0.5) is 16.3 Å². The minimum Gasteiger partial charge on any atom is -0.382 e. The largest absolute Gasteiger partial charge is 0.382 e. The first-order valence-electron chi connectivity index (χ1n) is 9.90. The first-order chi connectivity index (χ1) is 14.1. The number of aromatic nitrogens is 2. The first-order valence-corrected chi connectivity index (χ1v) is 10.3. The van der Waals surface area contributed by atoms with Crippen molar-refractivity contribution in [1.82, 2.24) is 15.1 Å². The summed E-state index contributed by atoms with van der Waals surface area (Å²) in [7, 11) is 0. The molecule has 1 aliphatic carbocycles. The lowest BCUT2D eigenvalue weighted by atomic mass is 9.96. The molecular formula is C22H24ClN5O. The normalized spacial score (nSPS) is 14.5. The molecule has 1 aliphatic rings. The van der Waals surface area contributed by atoms with E-state index in [1.54, 1.807) is 10.7 Å². The maximum atomic E-state index is 12.7. The molecule has 0 bridgehead atoms. The highest BCUT2D eigenvalue weighted by atomic mass is 35.5. The molecule has 2 aromatic carbocycles. The van der Waals surface area contributed by atoms with Crippen molar-refractivity contribution < 1.29 is 4.79 Å². The molecule has 1 fully saturated rings. The number of nitrogens with one attached hydrogen (secondary N) is 2. The Morgan fingerprint density at radius 2 is 1.72 bits per heavy atom. The summed E-state index contributed by atoms with van der Waals surface area (Å²) in [5.41, 5.74) is 9.01. The number of nitrogen functional groups attached to an aromatic ring is 1. The van der Waals surface area contributed by atoms with E-state index < -0.39 is 0 Å². The molecule has 2 amide bonds. The van der Waals surface area contributed by atoms with Gasteiger partial charge in [-0.25, -0.2) is 9.48 Å². The highest BCUT2D eigenvalue weighted by Gasteiger charge is 2.22. The predicted molar refractivity (Wildman–Crippen MR) is 117 cm³/mol. The lowest BCUT2D eigenvalue weighted by molar-refractivity contribution is 0.244. The first kappa shape index (κ1) is 19.3. The van der Waals surface area contributed by atoms with Crippen molar-refractivity contribution in [3.05, 3.63) is 59.6 Å². The number of nitrogens with two attached hydrogens (primary N) is 1. The van der Waals surface area contributed by atoms with Crippen molar-refractivity contribution >= 4 is 29.1 Å². The topological polar surface area (TPSA) is 85.0 Å². The zero-order chi connectivity index (χ0) is 20.2. The maximum Gasteiger partial charge on any atom is 0.319 e. The molecule has 0 unspecified atom stereocenters. The number of hydrogen-bond donors (Lipinski definition) is 3. The number of carbonyl (C=O) groups excluding carboxylic acids is 1. The van der Waals surface area contributed by atoms with Gasteiger partial charge in [-0.05, 0) is 25.0 Å². The summed E-state index contributed by atoms with van der Waals surface area (Å²) >= 11 is 6.36. The molecule has 0 atom stereocenters. The third-order valence-corrected chi connectivity index (χ3v) is 5.55. The van der Waals surface area contributed by atoms with Crippen molar-refractivity contribution in [1.29, 1.82) is 0 Å². The van der Waals surface area contributed by atoms with Gasteiger partial charge in [0.05, 0.1) is 10.7 Å². The van der Waals surface area contributed by atoms with Crippen LogP contribution < -0.4 is 16.4 Å². The van der Waals surface area contributed by atoms with E-state index in [0.29, 0.717) is 27.9 Å². The smallest absolute Gasteiger partial charge is 0.319 e. The van der Waals surface area contributed by atoms with E-state index >= 15 is 0 Å². The van der Waals surface area contributed by atoms with Crippen molar-refractivity contribution in [3.8, 4) is 16.9 Å². The average Bonchev–Trinajstić information content (AvgIpc) is 3.06. The van der Waals surface area contributed by atoms with Crippen molar-refractivity contribution in [2.75, 3.05) is 11.1 Å². The SMILES string of the molecule is Nc1c(NC(=O)NC2CCCCC2)c(-c2ccccc2)nn1-c1ccccc1Cl. The van der Waals surface area contributed by atoms with E-state index in [2.05, 4.69) is 15.7 Å². The lowest BCUT2D eigenvalue weighted by Crippen LogP contribution is -2.39. The minimum absolute atomic E-state index is 0.198. The summed E-state index contributed by atoms with van der Waals surface area (Å²) in [4.78, 5) is 12.7. The van der Waals surface area contributed by atoms with Crippen LogP contribution in [-0.4, -0.2) is 21.9 Å². The Balaban J connectivity index is 1.69. The number of amides is 2. The van der Waals surface area contributed by atoms with E-state index in [4.69, 9.17) is 17.3 Å². The van der Waals surface area contributed by atoms with Crippen LogP contribution in [0.3, 0.4) is 0 Å². The molecule has 0 spiro atoms. The Morgan fingerprint density at radius 3 is 2.45 bits per heavy atom. The number of halogens is 1. The second-order valence-corrected chi connectivity index (χ2v) is 7.68. The third kappa shape index (κ3) is 4.22. The van der Waals surface area contributed by atoms with Crippen molar-refractivity contribution in [3.63, 3.8) is 0 Å². The molecule has 1 heterocycles. The second-order valence-electron chi connectivity index (χ2n) is 7.27. The Hall–Kier alpha value is -2.99. The number of urea groups is 1. The number of anilines is 2. The summed E-state index contributed by atoms with van der Waals surface area (Å²) in [6.45, 7) is 0. The van der Waals surface area contributed by atoms with Crippen molar-refractivity contribution in [2.45, 2.75) is 38.1 Å². The van der Waals surface area contributed by atoms with Gasteiger partial charge in [0.1, 0.15) is 11.4 Å². The van der Waals surface area contributed by atoms with E-state index in [-0.39, 0.29) is 12.1 Å². The summed E-state index contributed by atoms with van der Waals surface area (Å²) in [5.74, 6) is 0.329. The van der Waals surface area contributed by atoms with Gasteiger partial charge in [0.25, 0.3) is 0 Å². The Morgan fingerprint density at radius 1 is 1.03 bits per heavy atom. The Labute approximate surface area is 175 Å². The average molecular weight is 410 g/mol. The number of benzene rings is 2. The molecule has 29 heavy (non-hydrogen) atoms. The molecule has 4 N–H and O–H groups in total. The highest BCUT2D eigenvalue weighted by Crippen LogP contribution is 2.35. The van der Waals surface area contributed by atoms with E-state index in [1.807, 2.05) is 48.5 Å². The molecular weight excluding hydrogens is 386 g/mol. The van der Waals surface area contributed by atoms with Gasteiger partial charge in [0, 0.05) is 11.6 Å². The van der Waals surface area contributed by atoms with Gasteiger partial charge >= 0.3 is 6.03 Å². The molecule has 1 saturated carbocycles. The van der Waals surface area contributed by atoms with Gasteiger partial charge < -0.3 is 16.4 Å². The van der Waals surface area contributed by atoms with Crippen LogP contribution in [0.2, 0.25) is 5.02 Å². The van der Waals surface area contributed by atoms with E-state index in [9.17, 15) is 4.79 Å². The molecule has 0 aliphatic heterocycles. The number of carbonyl (C=O) groups is 1. The minimum atomic E-state index is -0.264. The van der Waals surface area contributed by atoms with Crippen LogP contribution in [0, 0.1) is 0 Å². The Bertz CT molecular complexity index is 996. The molecule has 3 aromatic rings. The van der Waals surface area contributed by atoms with Gasteiger partial charge in [-0.15, -0.1) is 0 Å². The van der Waals surface area contributed by atoms with Gasteiger partial charge in [0.2, 0.25) is 0 Å². The molecule has 4 rings (SSSR count). The summed E-state index contributed by atoms with van der Waals surface area (Å²) < 4.78 is 1.57. The zero-order valence-corrected chi connectivity index (χ0v) is 16.8. The van der Waals surface area contributed by atoms with Gasteiger partial charge in [0.15, 0.2) is 5.82 Å². The summed E-state index contributed by atoms with van der Waals surface area (Å²) in [6.07, 6.45) is 5.54. The standard InChI is InChI=1S/C22H24ClN5O/c23-17-13-7-8-14-18(17)28-21(24)20(19(27-28)15-9-3-1-4-10-15)26-22(29)25-16-11-5-2-6-12-16/h1,3-4,7-10,13-14,16H,2,5-6,11-12,24H2,(H2,25,26,29). The molecule has 7 heteroatoms. The molecule has 0 radical (unpaired) electrons. The monoisotopic (exact) mass is 409 g/mol. The van der Waals surface area contributed by atoms with Crippen LogP contribution in [0.25, 0.3) is 16.9 Å². The lowest BCUT2D eigenvalue weighted by Gasteiger charge is -2.22. The van der Waals surface area contributed by atoms with E-state index in [1.165, 1.54) is 6.42 Å².